The molecule has 0 saturated carbocycles. The first-order chi connectivity index (χ1) is 4.81. The third-order valence-corrected chi connectivity index (χ3v) is 0.717. The molecule has 0 rings (SSSR count). The van der Waals surface area contributed by atoms with Crippen molar-refractivity contribution in [1.29, 1.82) is 0 Å². The Morgan fingerprint density at radius 2 is 2.20 bits per heavy atom. The maximum absolute atomic E-state index is 10.6. The molecule has 1 amide bonds. The molecule has 0 aliphatic heterocycles. The molecule has 0 atom stereocenters. The minimum Gasteiger partial charge on any atom is -0.272 e. The molecule has 0 aromatic heterocycles. The van der Waals surface area contributed by atoms with E-state index in [1.165, 1.54) is 6.08 Å². The van der Waals surface area contributed by atoms with Crippen LogP contribution in [-0.2, 0) is 9.63 Å². The fourth-order valence-electron chi connectivity index (χ4n) is 0.354. The zero-order valence-corrected chi connectivity index (χ0v) is 5.80. The van der Waals surface area contributed by atoms with Gasteiger partial charge in [0.1, 0.15) is 0 Å². The van der Waals surface area contributed by atoms with Gasteiger partial charge in [0.2, 0.25) is 5.91 Å². The lowest BCUT2D eigenvalue weighted by Gasteiger charge is -1.99. The zero-order valence-electron chi connectivity index (χ0n) is 5.80. The van der Waals surface area contributed by atoms with Crippen LogP contribution in [-0.4, -0.2) is 12.5 Å². The maximum atomic E-state index is 10.6. The standard InChI is InChI=1S/C7H11NO2/c1-3-5-7(9)8-10-6-4-2/h3-4H,1-2,5-6H2,(H,8,9). The number of carbonyl (C=O) groups is 1. The number of hydrogen-bond acceptors (Lipinski definition) is 2. The van der Waals surface area contributed by atoms with Crippen LogP contribution in [0.2, 0.25) is 0 Å². The molecule has 10 heavy (non-hydrogen) atoms. The fraction of sp³-hybridized carbons (Fsp3) is 0.286. The van der Waals surface area contributed by atoms with Gasteiger partial charge in [0.15, 0.2) is 0 Å². The van der Waals surface area contributed by atoms with Crippen molar-refractivity contribution in [3.05, 3.63) is 25.3 Å². The number of nitrogens with one attached hydrogen (secondary N) is 1. The van der Waals surface area contributed by atoms with E-state index in [0.29, 0.717) is 6.61 Å². The SMILES string of the molecule is C=CCONC(=O)CC=C. The van der Waals surface area contributed by atoms with Gasteiger partial charge in [0.25, 0.3) is 0 Å². The van der Waals surface area contributed by atoms with Crippen molar-refractivity contribution in [1.82, 2.24) is 5.48 Å². The smallest absolute Gasteiger partial charge is 0.247 e. The van der Waals surface area contributed by atoms with Gasteiger partial charge >= 0.3 is 0 Å². The molecule has 1 N–H and O–H groups in total. The minimum absolute atomic E-state index is 0.197. The molecule has 0 radical (unpaired) electrons. The van der Waals surface area contributed by atoms with Gasteiger partial charge in [0, 0.05) is 6.42 Å². The second-order valence-electron chi connectivity index (χ2n) is 1.62. The molecule has 56 valence electrons. The summed E-state index contributed by atoms with van der Waals surface area (Å²) in [5.74, 6) is -0.197. The average molecular weight is 141 g/mol. The van der Waals surface area contributed by atoms with Crippen molar-refractivity contribution in [2.45, 2.75) is 6.42 Å². The van der Waals surface area contributed by atoms with E-state index in [1.807, 2.05) is 0 Å². The Balaban J connectivity index is 3.20. The highest BCUT2D eigenvalue weighted by Crippen LogP contribution is 1.78. The van der Waals surface area contributed by atoms with E-state index < -0.39 is 0 Å². The lowest BCUT2D eigenvalue weighted by Crippen LogP contribution is -2.22. The summed E-state index contributed by atoms with van der Waals surface area (Å²) in [6.45, 7) is 7.12. The van der Waals surface area contributed by atoms with E-state index in [9.17, 15) is 4.79 Å². The van der Waals surface area contributed by atoms with Crippen molar-refractivity contribution < 1.29 is 9.63 Å². The van der Waals surface area contributed by atoms with Crippen LogP contribution in [0.25, 0.3) is 0 Å². The van der Waals surface area contributed by atoms with Crippen molar-refractivity contribution in [2.24, 2.45) is 0 Å². The summed E-state index contributed by atoms with van der Waals surface area (Å²) in [7, 11) is 0. The fourth-order valence-corrected chi connectivity index (χ4v) is 0.354. The van der Waals surface area contributed by atoms with Crippen molar-refractivity contribution in [3.63, 3.8) is 0 Å². The maximum Gasteiger partial charge on any atom is 0.247 e. The van der Waals surface area contributed by atoms with Crippen molar-refractivity contribution in [2.75, 3.05) is 6.61 Å². The largest absolute Gasteiger partial charge is 0.272 e. The Morgan fingerprint density at radius 3 is 2.70 bits per heavy atom. The van der Waals surface area contributed by atoms with E-state index in [2.05, 4.69) is 23.5 Å². The molecule has 0 spiro atoms. The third-order valence-electron chi connectivity index (χ3n) is 0.717. The second-order valence-corrected chi connectivity index (χ2v) is 1.62. The first-order valence-corrected chi connectivity index (χ1v) is 2.93. The van der Waals surface area contributed by atoms with Crippen molar-refractivity contribution in [3.8, 4) is 0 Å². The summed E-state index contributed by atoms with van der Waals surface area (Å²) >= 11 is 0. The van der Waals surface area contributed by atoms with E-state index in [1.54, 1.807) is 6.08 Å². The number of rotatable bonds is 5. The topological polar surface area (TPSA) is 38.3 Å². The van der Waals surface area contributed by atoms with Gasteiger partial charge in [-0.05, 0) is 0 Å². The number of amides is 1. The Bertz CT molecular complexity index is 132. The molecule has 0 aliphatic rings. The van der Waals surface area contributed by atoms with E-state index in [-0.39, 0.29) is 12.3 Å². The quantitative estimate of drug-likeness (QED) is 0.349. The van der Waals surface area contributed by atoms with Gasteiger partial charge in [-0.25, -0.2) is 5.48 Å². The third kappa shape index (κ3) is 5.05. The zero-order chi connectivity index (χ0) is 7.82. The molecule has 0 aromatic rings. The molecule has 0 bridgehead atoms. The molecular formula is C7H11NO2. The number of hydrogen-bond donors (Lipinski definition) is 1. The number of carbonyl (C=O) groups excluding carboxylic acids is 1. The molecular weight excluding hydrogens is 130 g/mol. The van der Waals surface area contributed by atoms with E-state index in [4.69, 9.17) is 0 Å². The van der Waals surface area contributed by atoms with Crippen LogP contribution >= 0.6 is 0 Å². The average Bonchev–Trinajstić information content (AvgIpc) is 1.89. The van der Waals surface area contributed by atoms with Gasteiger partial charge in [-0.15, -0.1) is 13.2 Å². The van der Waals surface area contributed by atoms with Gasteiger partial charge in [-0.3, -0.25) is 9.63 Å². The highest BCUT2D eigenvalue weighted by molar-refractivity contribution is 5.76. The Hall–Kier alpha value is -1.09. The predicted octanol–water partition coefficient (Wildman–Crippen LogP) is 0.796. The van der Waals surface area contributed by atoms with Crippen molar-refractivity contribution >= 4 is 5.91 Å². The van der Waals surface area contributed by atoms with Gasteiger partial charge in [0.05, 0.1) is 6.61 Å². The van der Waals surface area contributed by atoms with Gasteiger partial charge in [-0.2, -0.15) is 0 Å². The molecule has 3 heteroatoms. The molecule has 0 aliphatic carbocycles. The summed E-state index contributed by atoms with van der Waals surface area (Å²) in [6.07, 6.45) is 3.33. The van der Waals surface area contributed by atoms with Crippen LogP contribution in [0.5, 0.6) is 0 Å². The van der Waals surface area contributed by atoms with Crippen LogP contribution in [0.4, 0.5) is 0 Å². The normalized spacial score (nSPS) is 8.40. The number of hydroxylamine groups is 1. The Labute approximate surface area is 60.3 Å². The molecule has 0 unspecified atom stereocenters. The summed E-state index contributed by atoms with van der Waals surface area (Å²) in [5.41, 5.74) is 2.20. The minimum atomic E-state index is -0.197. The molecule has 0 saturated heterocycles. The summed E-state index contributed by atoms with van der Waals surface area (Å²) < 4.78 is 0. The van der Waals surface area contributed by atoms with Gasteiger partial charge in [-0.1, -0.05) is 12.2 Å². The molecule has 0 aromatic carbocycles. The van der Waals surface area contributed by atoms with Crippen LogP contribution in [0.1, 0.15) is 6.42 Å². The monoisotopic (exact) mass is 141 g/mol. The highest BCUT2D eigenvalue weighted by atomic mass is 16.6. The van der Waals surface area contributed by atoms with Crippen LogP contribution in [0, 0.1) is 0 Å². The lowest BCUT2D eigenvalue weighted by atomic mass is 10.4. The molecule has 3 nitrogen and oxygen atoms in total. The summed E-state index contributed by atoms with van der Waals surface area (Å²) in [6, 6.07) is 0. The second kappa shape index (κ2) is 6.04. The first-order valence-electron chi connectivity index (χ1n) is 2.93. The van der Waals surface area contributed by atoms with E-state index >= 15 is 0 Å². The van der Waals surface area contributed by atoms with E-state index in [0.717, 1.165) is 0 Å². The predicted molar refractivity (Wildman–Crippen MR) is 39.1 cm³/mol. The Morgan fingerprint density at radius 1 is 1.50 bits per heavy atom. The van der Waals surface area contributed by atoms with Crippen LogP contribution in [0.15, 0.2) is 25.3 Å². The Kier molecular flexibility index (Phi) is 5.38. The first kappa shape index (κ1) is 8.91. The van der Waals surface area contributed by atoms with Crippen LogP contribution in [0.3, 0.4) is 0 Å². The molecule has 0 fully saturated rings. The highest BCUT2D eigenvalue weighted by Gasteiger charge is 1.93. The summed E-state index contributed by atoms with van der Waals surface area (Å²) in [5, 5.41) is 0. The lowest BCUT2D eigenvalue weighted by molar-refractivity contribution is -0.131. The summed E-state index contributed by atoms with van der Waals surface area (Å²) in [4.78, 5) is 15.2. The van der Waals surface area contributed by atoms with Crippen LogP contribution < -0.4 is 5.48 Å². The van der Waals surface area contributed by atoms with Gasteiger partial charge < -0.3 is 0 Å². The molecule has 0 heterocycles.